The summed E-state index contributed by atoms with van der Waals surface area (Å²) < 4.78 is 16.2. The molecule has 144 valence electrons. The number of rotatable bonds is 8. The fraction of sp³-hybridized carbons (Fsp3) is 0.143. The van der Waals surface area contributed by atoms with Crippen LogP contribution in [0.4, 0.5) is 0 Å². The van der Waals surface area contributed by atoms with Crippen molar-refractivity contribution in [2.45, 2.75) is 6.54 Å². The summed E-state index contributed by atoms with van der Waals surface area (Å²) >= 11 is 0. The van der Waals surface area contributed by atoms with E-state index in [1.807, 2.05) is 18.2 Å². The van der Waals surface area contributed by atoms with Crippen LogP contribution in [0.15, 0.2) is 64.1 Å². The van der Waals surface area contributed by atoms with Crippen molar-refractivity contribution in [2.24, 2.45) is 5.10 Å². The minimum Gasteiger partial charge on any atom is -0.493 e. The van der Waals surface area contributed by atoms with Crippen LogP contribution in [-0.4, -0.2) is 31.5 Å². The van der Waals surface area contributed by atoms with Crippen LogP contribution in [0.3, 0.4) is 0 Å². The first-order chi connectivity index (χ1) is 13.6. The molecule has 0 fully saturated rings. The van der Waals surface area contributed by atoms with E-state index in [2.05, 4.69) is 10.5 Å². The summed E-state index contributed by atoms with van der Waals surface area (Å²) in [6, 6.07) is 15.8. The molecule has 3 aromatic rings. The van der Waals surface area contributed by atoms with Crippen molar-refractivity contribution >= 4 is 12.2 Å². The summed E-state index contributed by atoms with van der Waals surface area (Å²) in [5.41, 5.74) is 4.84. The van der Waals surface area contributed by atoms with Crippen LogP contribution in [0.25, 0.3) is 11.3 Å². The molecule has 0 bridgehead atoms. The lowest BCUT2D eigenvalue weighted by Gasteiger charge is -2.09. The number of nitrogens with one attached hydrogen (secondary N) is 1. The molecule has 2 aromatic carbocycles. The second-order valence-corrected chi connectivity index (χ2v) is 5.87. The Bertz CT molecular complexity index is 994. The van der Waals surface area contributed by atoms with Gasteiger partial charge < -0.3 is 24.4 Å². The van der Waals surface area contributed by atoms with Gasteiger partial charge in [0.1, 0.15) is 11.5 Å². The van der Waals surface area contributed by atoms with Crippen LogP contribution in [0.2, 0.25) is 0 Å². The van der Waals surface area contributed by atoms with Crippen molar-refractivity contribution in [3.63, 3.8) is 0 Å². The van der Waals surface area contributed by atoms with Crippen molar-refractivity contribution in [2.75, 3.05) is 14.2 Å². The van der Waals surface area contributed by atoms with Gasteiger partial charge >= 0.3 is 5.97 Å². The largest absolute Gasteiger partial charge is 0.493 e. The Morgan fingerprint density at radius 2 is 1.93 bits per heavy atom. The lowest BCUT2D eigenvalue weighted by atomic mass is 10.1. The van der Waals surface area contributed by atoms with E-state index in [4.69, 9.17) is 19.0 Å². The summed E-state index contributed by atoms with van der Waals surface area (Å²) in [7, 11) is 3.18. The first-order valence-electron chi connectivity index (χ1n) is 8.51. The van der Waals surface area contributed by atoms with E-state index in [1.54, 1.807) is 50.8 Å². The van der Waals surface area contributed by atoms with Crippen LogP contribution in [0.1, 0.15) is 21.7 Å². The number of hydrazone groups is 1. The normalized spacial score (nSPS) is 10.8. The molecule has 0 radical (unpaired) electrons. The number of benzene rings is 2. The maximum absolute atomic E-state index is 11.1. The van der Waals surface area contributed by atoms with Crippen molar-refractivity contribution in [3.05, 3.63) is 71.5 Å². The van der Waals surface area contributed by atoms with Crippen LogP contribution < -0.4 is 14.9 Å². The summed E-state index contributed by atoms with van der Waals surface area (Å²) in [4.78, 5) is 11.1. The summed E-state index contributed by atoms with van der Waals surface area (Å²) in [6.45, 7) is 0.505. The van der Waals surface area contributed by atoms with E-state index in [9.17, 15) is 4.79 Å². The molecule has 2 N–H and O–H groups in total. The average Bonchev–Trinajstić information content (AvgIpc) is 3.20. The van der Waals surface area contributed by atoms with Gasteiger partial charge in [0.15, 0.2) is 11.5 Å². The van der Waals surface area contributed by atoms with Gasteiger partial charge in [0.25, 0.3) is 0 Å². The molecule has 1 aromatic heterocycles. The third-order valence-electron chi connectivity index (χ3n) is 4.04. The Labute approximate surface area is 162 Å². The highest BCUT2D eigenvalue weighted by atomic mass is 16.5. The third-order valence-corrected chi connectivity index (χ3v) is 4.04. The Morgan fingerprint density at radius 3 is 2.68 bits per heavy atom. The molecule has 0 amide bonds. The second-order valence-electron chi connectivity index (χ2n) is 5.87. The molecule has 0 aliphatic rings. The van der Waals surface area contributed by atoms with Crippen LogP contribution in [0, 0.1) is 0 Å². The highest BCUT2D eigenvalue weighted by Gasteiger charge is 2.08. The first-order valence-corrected chi connectivity index (χ1v) is 8.51. The summed E-state index contributed by atoms with van der Waals surface area (Å²) in [6.07, 6.45) is 1.56. The molecular weight excluding hydrogens is 360 g/mol. The van der Waals surface area contributed by atoms with Crippen molar-refractivity contribution in [1.82, 2.24) is 5.43 Å². The number of carboxylic acids is 1. The molecule has 0 aliphatic carbocycles. The van der Waals surface area contributed by atoms with E-state index in [0.29, 0.717) is 35.1 Å². The Morgan fingerprint density at radius 1 is 1.11 bits per heavy atom. The van der Waals surface area contributed by atoms with E-state index in [-0.39, 0.29) is 5.56 Å². The number of carbonyl (C=O) groups is 1. The number of nitrogens with zero attached hydrogens (tertiary/aromatic N) is 1. The van der Waals surface area contributed by atoms with Gasteiger partial charge in [0.05, 0.1) is 32.5 Å². The van der Waals surface area contributed by atoms with Crippen molar-refractivity contribution < 1.29 is 23.8 Å². The number of carboxylic acid groups (broad SMARTS) is 1. The molecule has 0 saturated carbocycles. The monoisotopic (exact) mass is 380 g/mol. The van der Waals surface area contributed by atoms with Crippen LogP contribution >= 0.6 is 0 Å². The zero-order valence-corrected chi connectivity index (χ0v) is 15.5. The number of hydrogen-bond donors (Lipinski definition) is 2. The number of furan rings is 1. The lowest BCUT2D eigenvalue weighted by molar-refractivity contribution is 0.0697. The van der Waals surface area contributed by atoms with Gasteiger partial charge in [-0.3, -0.25) is 0 Å². The Kier molecular flexibility index (Phi) is 5.96. The Balaban J connectivity index is 1.62. The first kappa shape index (κ1) is 19.0. The van der Waals surface area contributed by atoms with Gasteiger partial charge in [-0.05, 0) is 42.0 Å². The SMILES string of the molecule is COc1ccc(CN/N=C/c2ccc(-c3cccc(C(=O)O)c3)o2)cc1OC. The van der Waals surface area contributed by atoms with Crippen LogP contribution in [-0.2, 0) is 6.54 Å². The minimum atomic E-state index is -0.977. The number of ether oxygens (including phenoxy) is 2. The zero-order valence-electron chi connectivity index (χ0n) is 15.5. The summed E-state index contributed by atoms with van der Waals surface area (Å²) in [5, 5.41) is 13.2. The fourth-order valence-electron chi connectivity index (χ4n) is 2.62. The van der Waals surface area contributed by atoms with Gasteiger partial charge in [-0.15, -0.1) is 0 Å². The molecule has 0 atom stereocenters. The van der Waals surface area contributed by atoms with Crippen LogP contribution in [0.5, 0.6) is 11.5 Å². The number of hydrogen-bond acceptors (Lipinski definition) is 6. The zero-order chi connectivity index (χ0) is 19.9. The third kappa shape index (κ3) is 4.50. The molecule has 7 nitrogen and oxygen atoms in total. The molecule has 3 rings (SSSR count). The molecule has 0 saturated heterocycles. The molecule has 1 heterocycles. The van der Waals surface area contributed by atoms with Gasteiger partial charge in [-0.25, -0.2) is 4.79 Å². The van der Waals surface area contributed by atoms with E-state index >= 15 is 0 Å². The van der Waals surface area contributed by atoms with Crippen molar-refractivity contribution in [1.29, 1.82) is 0 Å². The van der Waals surface area contributed by atoms with E-state index < -0.39 is 5.97 Å². The maximum Gasteiger partial charge on any atom is 0.335 e. The molecule has 28 heavy (non-hydrogen) atoms. The Hall–Kier alpha value is -3.74. The van der Waals surface area contributed by atoms with Gasteiger partial charge in [-0.2, -0.15) is 5.10 Å². The topological polar surface area (TPSA) is 93.3 Å². The predicted molar refractivity (Wildman–Crippen MR) is 105 cm³/mol. The van der Waals surface area contributed by atoms with E-state index in [0.717, 1.165) is 5.56 Å². The summed E-state index contributed by atoms with van der Waals surface area (Å²) in [5.74, 6) is 1.48. The van der Waals surface area contributed by atoms with Gasteiger partial charge in [0, 0.05) is 5.56 Å². The van der Waals surface area contributed by atoms with Gasteiger partial charge in [0.2, 0.25) is 0 Å². The number of methoxy groups -OCH3 is 2. The minimum absolute atomic E-state index is 0.209. The van der Waals surface area contributed by atoms with E-state index in [1.165, 1.54) is 6.07 Å². The molecule has 0 unspecified atom stereocenters. The maximum atomic E-state index is 11.1. The lowest BCUT2D eigenvalue weighted by Crippen LogP contribution is -2.05. The fourth-order valence-corrected chi connectivity index (χ4v) is 2.62. The molecule has 0 aliphatic heterocycles. The number of aromatic carboxylic acids is 1. The predicted octanol–water partition coefficient (Wildman–Crippen LogP) is 3.79. The average molecular weight is 380 g/mol. The molecule has 7 heteroatoms. The molecule has 0 spiro atoms. The van der Waals surface area contributed by atoms with Gasteiger partial charge in [-0.1, -0.05) is 18.2 Å². The highest BCUT2D eigenvalue weighted by molar-refractivity contribution is 5.89. The highest BCUT2D eigenvalue weighted by Crippen LogP contribution is 2.27. The smallest absolute Gasteiger partial charge is 0.335 e. The quantitative estimate of drug-likeness (QED) is 0.456. The second kappa shape index (κ2) is 8.77. The van der Waals surface area contributed by atoms with Crippen molar-refractivity contribution in [3.8, 4) is 22.8 Å². The molecular formula is C21H20N2O5. The standard InChI is InChI=1S/C21H20N2O5/c1-26-19-8-6-14(10-20(19)27-2)12-22-23-13-17-7-9-18(28-17)15-4-3-5-16(11-15)21(24)25/h3-11,13,22H,12H2,1-2H3,(H,24,25)/b23-13+.